The molecular weight excluding hydrogens is 408 g/mol. The van der Waals surface area contributed by atoms with Crippen molar-refractivity contribution in [1.29, 1.82) is 0 Å². The molecule has 6 heteroatoms. The average molecular weight is 449 g/mol. The van der Waals surface area contributed by atoms with Gasteiger partial charge in [0.05, 0.1) is 18.8 Å². The number of hydrogen-bond donors (Lipinski definition) is 2. The SMILES string of the molecule is CCCCCC(O)CCC1C(O)CC2Cc3c(cccc3OCC(=O)OCCOC)CC21. The maximum Gasteiger partial charge on any atom is 0.344 e. The molecule has 3 rings (SSSR count). The zero-order valence-corrected chi connectivity index (χ0v) is 19.6. The summed E-state index contributed by atoms with van der Waals surface area (Å²) in [6.45, 7) is 2.65. The van der Waals surface area contributed by atoms with Gasteiger partial charge in [0, 0.05) is 7.11 Å². The number of aliphatic hydroxyl groups is 2. The topological polar surface area (TPSA) is 85.2 Å². The maximum atomic E-state index is 11.9. The highest BCUT2D eigenvalue weighted by Crippen LogP contribution is 2.48. The molecule has 1 fully saturated rings. The Kier molecular flexibility index (Phi) is 9.82. The Bertz CT molecular complexity index is 720. The molecule has 0 aromatic heterocycles. The number of rotatable bonds is 13. The van der Waals surface area contributed by atoms with Crippen LogP contribution in [0.3, 0.4) is 0 Å². The van der Waals surface area contributed by atoms with Gasteiger partial charge in [0.2, 0.25) is 0 Å². The molecule has 1 aromatic carbocycles. The monoisotopic (exact) mass is 448 g/mol. The third kappa shape index (κ3) is 6.69. The molecular formula is C26H40O6. The van der Waals surface area contributed by atoms with E-state index < -0.39 is 5.97 Å². The van der Waals surface area contributed by atoms with Crippen LogP contribution in [-0.2, 0) is 27.1 Å². The lowest BCUT2D eigenvalue weighted by Gasteiger charge is -2.32. The lowest BCUT2D eigenvalue weighted by atomic mass is 9.73. The highest BCUT2D eigenvalue weighted by Gasteiger charge is 2.44. The fraction of sp³-hybridized carbons (Fsp3) is 0.731. The Labute approximate surface area is 192 Å². The van der Waals surface area contributed by atoms with Gasteiger partial charge in [0.15, 0.2) is 6.61 Å². The molecule has 2 N–H and O–H groups in total. The molecule has 0 saturated heterocycles. The van der Waals surface area contributed by atoms with E-state index in [4.69, 9.17) is 14.2 Å². The molecule has 1 saturated carbocycles. The van der Waals surface area contributed by atoms with E-state index in [2.05, 4.69) is 13.0 Å². The molecule has 5 atom stereocenters. The maximum absolute atomic E-state index is 11.9. The first-order valence-corrected chi connectivity index (χ1v) is 12.3. The van der Waals surface area contributed by atoms with Crippen LogP contribution in [0, 0.1) is 17.8 Å². The molecule has 6 nitrogen and oxygen atoms in total. The summed E-state index contributed by atoms with van der Waals surface area (Å²) in [7, 11) is 1.56. The van der Waals surface area contributed by atoms with Crippen LogP contribution < -0.4 is 4.74 Å². The molecule has 1 aromatic rings. The first kappa shape index (κ1) is 25.0. The number of unbranched alkanes of at least 4 members (excludes halogenated alkanes) is 2. The minimum atomic E-state index is -0.401. The first-order valence-electron chi connectivity index (χ1n) is 12.3. The normalized spacial score (nSPS) is 25.1. The van der Waals surface area contributed by atoms with Crippen molar-refractivity contribution in [3.8, 4) is 5.75 Å². The Hall–Kier alpha value is -1.63. The molecule has 2 aliphatic carbocycles. The van der Waals surface area contributed by atoms with Crippen molar-refractivity contribution in [1.82, 2.24) is 0 Å². The van der Waals surface area contributed by atoms with Crippen molar-refractivity contribution < 1.29 is 29.2 Å². The highest BCUT2D eigenvalue weighted by molar-refractivity contribution is 5.71. The summed E-state index contributed by atoms with van der Waals surface area (Å²) >= 11 is 0. The van der Waals surface area contributed by atoms with Crippen molar-refractivity contribution in [3.05, 3.63) is 29.3 Å². The zero-order chi connectivity index (χ0) is 22.9. The summed E-state index contributed by atoms with van der Waals surface area (Å²) in [4.78, 5) is 11.9. The number of fused-ring (bicyclic) bond motifs is 2. The quantitative estimate of drug-likeness (QED) is 0.354. The van der Waals surface area contributed by atoms with Gasteiger partial charge in [-0.25, -0.2) is 4.79 Å². The average Bonchev–Trinajstić information content (AvgIpc) is 3.09. The third-order valence-electron chi connectivity index (χ3n) is 7.22. The number of hydrogen-bond acceptors (Lipinski definition) is 6. The van der Waals surface area contributed by atoms with Gasteiger partial charge in [-0.05, 0) is 73.5 Å². The third-order valence-corrected chi connectivity index (χ3v) is 7.22. The Morgan fingerprint density at radius 2 is 2.03 bits per heavy atom. The summed E-state index contributed by atoms with van der Waals surface area (Å²) < 4.78 is 15.8. The molecule has 0 amide bonds. The largest absolute Gasteiger partial charge is 0.482 e. The number of esters is 1. The second-order valence-corrected chi connectivity index (χ2v) is 9.42. The molecule has 5 unspecified atom stereocenters. The summed E-state index contributed by atoms with van der Waals surface area (Å²) in [5.41, 5.74) is 2.41. The fourth-order valence-corrected chi connectivity index (χ4v) is 5.52. The summed E-state index contributed by atoms with van der Waals surface area (Å²) in [5.74, 6) is 1.44. The van der Waals surface area contributed by atoms with Crippen molar-refractivity contribution >= 4 is 5.97 Å². The van der Waals surface area contributed by atoms with E-state index in [1.165, 1.54) is 12.0 Å². The standard InChI is InChI=1S/C26H40O6/c1-3-4-5-8-20(27)10-11-21-22-14-18-7-6-9-25(23(18)15-19(22)16-24(21)28)32-17-26(29)31-13-12-30-2/h6-7,9,19-22,24,27-28H,3-5,8,10-17H2,1-2H3. The van der Waals surface area contributed by atoms with Gasteiger partial charge < -0.3 is 24.4 Å². The van der Waals surface area contributed by atoms with Crippen molar-refractivity contribution in [2.75, 3.05) is 26.9 Å². The Morgan fingerprint density at radius 1 is 1.19 bits per heavy atom. The summed E-state index contributed by atoms with van der Waals surface area (Å²) in [5, 5.41) is 21.1. The number of carbonyl (C=O) groups is 1. The number of benzene rings is 1. The summed E-state index contributed by atoms with van der Waals surface area (Å²) in [6.07, 6.45) is 7.95. The van der Waals surface area contributed by atoms with Gasteiger partial charge in [0.25, 0.3) is 0 Å². The predicted molar refractivity (Wildman–Crippen MR) is 123 cm³/mol. The first-order chi connectivity index (χ1) is 15.5. The van der Waals surface area contributed by atoms with Gasteiger partial charge in [0.1, 0.15) is 12.4 Å². The van der Waals surface area contributed by atoms with Gasteiger partial charge in [-0.15, -0.1) is 0 Å². The van der Waals surface area contributed by atoms with Gasteiger partial charge in [-0.1, -0.05) is 38.3 Å². The molecule has 32 heavy (non-hydrogen) atoms. The predicted octanol–water partition coefficient (Wildman–Crippen LogP) is 3.69. The second kappa shape index (κ2) is 12.6. The number of aliphatic hydroxyl groups excluding tert-OH is 2. The summed E-state index contributed by atoms with van der Waals surface area (Å²) in [6, 6.07) is 6.02. The van der Waals surface area contributed by atoms with E-state index in [-0.39, 0.29) is 31.3 Å². The van der Waals surface area contributed by atoms with Gasteiger partial charge >= 0.3 is 5.97 Å². The van der Waals surface area contributed by atoms with E-state index >= 15 is 0 Å². The van der Waals surface area contributed by atoms with Crippen LogP contribution >= 0.6 is 0 Å². The van der Waals surface area contributed by atoms with Crippen LogP contribution in [0.15, 0.2) is 18.2 Å². The van der Waals surface area contributed by atoms with Crippen LogP contribution in [0.1, 0.15) is 63.0 Å². The minimum Gasteiger partial charge on any atom is -0.482 e. The van der Waals surface area contributed by atoms with Crippen LogP contribution in [0.2, 0.25) is 0 Å². The van der Waals surface area contributed by atoms with E-state index in [0.717, 1.165) is 62.7 Å². The van der Waals surface area contributed by atoms with Gasteiger partial charge in [-0.3, -0.25) is 0 Å². The molecule has 0 radical (unpaired) electrons. The highest BCUT2D eigenvalue weighted by atomic mass is 16.6. The molecule has 2 aliphatic rings. The molecule has 0 heterocycles. The fourth-order valence-electron chi connectivity index (χ4n) is 5.52. The van der Waals surface area contributed by atoms with E-state index in [9.17, 15) is 15.0 Å². The number of carbonyl (C=O) groups excluding carboxylic acids is 1. The van der Waals surface area contributed by atoms with E-state index in [0.29, 0.717) is 18.4 Å². The molecule has 0 bridgehead atoms. The van der Waals surface area contributed by atoms with Crippen LogP contribution in [0.5, 0.6) is 5.75 Å². The van der Waals surface area contributed by atoms with Crippen molar-refractivity contribution in [3.63, 3.8) is 0 Å². The van der Waals surface area contributed by atoms with Crippen molar-refractivity contribution in [2.24, 2.45) is 17.8 Å². The van der Waals surface area contributed by atoms with Gasteiger partial charge in [-0.2, -0.15) is 0 Å². The molecule has 0 aliphatic heterocycles. The minimum absolute atomic E-state index is 0.116. The lowest BCUT2D eigenvalue weighted by molar-refractivity contribution is -0.147. The molecule has 0 spiro atoms. The van der Waals surface area contributed by atoms with Crippen LogP contribution in [0.4, 0.5) is 0 Å². The second-order valence-electron chi connectivity index (χ2n) is 9.42. The smallest absolute Gasteiger partial charge is 0.344 e. The Balaban J connectivity index is 1.56. The van der Waals surface area contributed by atoms with Crippen molar-refractivity contribution in [2.45, 2.75) is 76.9 Å². The lowest BCUT2D eigenvalue weighted by Crippen LogP contribution is -2.28. The van der Waals surface area contributed by atoms with E-state index in [1.54, 1.807) is 7.11 Å². The van der Waals surface area contributed by atoms with E-state index in [1.807, 2.05) is 12.1 Å². The molecule has 180 valence electrons. The Morgan fingerprint density at radius 3 is 2.81 bits per heavy atom. The number of methoxy groups -OCH3 is 1. The van der Waals surface area contributed by atoms with Crippen LogP contribution in [-0.4, -0.2) is 55.3 Å². The van der Waals surface area contributed by atoms with Crippen LogP contribution in [0.25, 0.3) is 0 Å². The zero-order valence-electron chi connectivity index (χ0n) is 19.6. The number of ether oxygens (including phenoxy) is 3.